The molecule has 0 unspecified atom stereocenters. The van der Waals surface area contributed by atoms with Crippen molar-refractivity contribution in [3.63, 3.8) is 0 Å². The molecule has 1 aromatic carbocycles. The van der Waals surface area contributed by atoms with Gasteiger partial charge in [-0.2, -0.15) is 0 Å². The molecular weight excluding hydrogens is 324 g/mol. The van der Waals surface area contributed by atoms with Crippen molar-refractivity contribution in [1.82, 2.24) is 4.90 Å². The van der Waals surface area contributed by atoms with Gasteiger partial charge in [0.1, 0.15) is 0 Å². The van der Waals surface area contributed by atoms with Gasteiger partial charge in [-0.05, 0) is 37.3 Å². The lowest BCUT2D eigenvalue weighted by molar-refractivity contribution is -0.140. The first kappa shape index (κ1) is 17.0. The zero-order valence-corrected chi connectivity index (χ0v) is 14.6. The lowest BCUT2D eigenvalue weighted by atomic mass is 9.81. The first-order valence-corrected chi connectivity index (χ1v) is 9.62. The molecule has 0 aromatic heterocycles. The minimum absolute atomic E-state index is 0.0816. The zero-order valence-electron chi connectivity index (χ0n) is 13.8. The molecule has 0 bridgehead atoms. The molecule has 1 N–H and O–H groups in total. The molecule has 5 nitrogen and oxygen atoms in total. The summed E-state index contributed by atoms with van der Waals surface area (Å²) in [5.74, 6) is -0.632. The topological polar surface area (TPSA) is 66.5 Å². The molecular formula is C18H22N2O3S. The highest BCUT2D eigenvalue weighted by atomic mass is 32.2. The van der Waals surface area contributed by atoms with Crippen LogP contribution in [-0.4, -0.2) is 35.4 Å². The lowest BCUT2D eigenvalue weighted by Gasteiger charge is -2.19. The van der Waals surface area contributed by atoms with Gasteiger partial charge in [0, 0.05) is 23.5 Å². The molecule has 1 heterocycles. The largest absolute Gasteiger partial charge is 0.326 e. The molecule has 3 rings (SSSR count). The zero-order chi connectivity index (χ0) is 17.1. The Morgan fingerprint density at radius 1 is 1.21 bits per heavy atom. The van der Waals surface area contributed by atoms with Crippen LogP contribution < -0.4 is 5.32 Å². The summed E-state index contributed by atoms with van der Waals surface area (Å²) >= 11 is 1.61. The van der Waals surface area contributed by atoms with Gasteiger partial charge in [-0.25, -0.2) is 0 Å². The highest BCUT2D eigenvalue weighted by Gasteiger charge is 2.47. The smallest absolute Gasteiger partial charge is 0.233 e. The number of nitrogens with one attached hydrogen (secondary N) is 1. The van der Waals surface area contributed by atoms with E-state index in [0.717, 1.165) is 36.3 Å². The van der Waals surface area contributed by atoms with Gasteiger partial charge in [-0.15, -0.1) is 11.8 Å². The quantitative estimate of drug-likeness (QED) is 0.658. The summed E-state index contributed by atoms with van der Waals surface area (Å²) in [7, 11) is 0. The SMILES string of the molecule is CSc1cccc(NC(=O)CCN2C(=O)[C@H]3CCCC[C@@H]3C2=O)c1. The summed E-state index contributed by atoms with van der Waals surface area (Å²) in [6, 6.07) is 7.60. The molecule has 3 amide bonds. The second kappa shape index (κ2) is 7.38. The Morgan fingerprint density at radius 2 is 1.88 bits per heavy atom. The fraction of sp³-hybridized carbons (Fsp3) is 0.500. The van der Waals surface area contributed by atoms with Crippen LogP contribution in [0.3, 0.4) is 0 Å². The molecule has 1 aromatic rings. The van der Waals surface area contributed by atoms with Gasteiger partial charge in [-0.1, -0.05) is 18.9 Å². The maximum atomic E-state index is 12.4. The third-order valence-electron chi connectivity index (χ3n) is 4.85. The fourth-order valence-corrected chi connectivity index (χ4v) is 4.05. The number of amides is 3. The number of hydrogen-bond acceptors (Lipinski definition) is 4. The molecule has 2 atom stereocenters. The third kappa shape index (κ3) is 3.48. The maximum Gasteiger partial charge on any atom is 0.233 e. The van der Waals surface area contributed by atoms with E-state index in [0.29, 0.717) is 0 Å². The second-order valence-electron chi connectivity index (χ2n) is 6.36. The Balaban J connectivity index is 1.56. The van der Waals surface area contributed by atoms with E-state index < -0.39 is 0 Å². The van der Waals surface area contributed by atoms with Crippen LogP contribution in [0.15, 0.2) is 29.2 Å². The minimum Gasteiger partial charge on any atom is -0.326 e. The van der Waals surface area contributed by atoms with E-state index in [1.165, 1.54) is 4.90 Å². The Labute approximate surface area is 146 Å². The van der Waals surface area contributed by atoms with E-state index in [4.69, 9.17) is 0 Å². The number of carbonyl (C=O) groups excluding carboxylic acids is 3. The molecule has 1 saturated heterocycles. The second-order valence-corrected chi connectivity index (χ2v) is 7.24. The molecule has 0 radical (unpaired) electrons. The molecule has 24 heavy (non-hydrogen) atoms. The number of carbonyl (C=O) groups is 3. The molecule has 2 aliphatic rings. The molecule has 0 spiro atoms. The van der Waals surface area contributed by atoms with Crippen LogP contribution in [-0.2, 0) is 14.4 Å². The standard InChI is InChI=1S/C18H22N2O3S/c1-24-13-6-4-5-12(11-13)19-16(21)9-10-20-17(22)14-7-2-3-8-15(14)18(20)23/h4-6,11,14-15H,2-3,7-10H2,1H3,(H,19,21)/t14-,15-/m0/s1. The van der Waals surface area contributed by atoms with Gasteiger partial charge >= 0.3 is 0 Å². The molecule has 2 fully saturated rings. The summed E-state index contributed by atoms with van der Waals surface area (Å²) in [5.41, 5.74) is 0.736. The van der Waals surface area contributed by atoms with Crippen molar-refractivity contribution in [3.05, 3.63) is 24.3 Å². The third-order valence-corrected chi connectivity index (χ3v) is 5.57. The van der Waals surface area contributed by atoms with Gasteiger partial charge in [-0.3, -0.25) is 19.3 Å². The number of rotatable bonds is 5. The molecule has 1 saturated carbocycles. The first-order valence-electron chi connectivity index (χ1n) is 8.39. The fourth-order valence-electron chi connectivity index (χ4n) is 3.59. The molecule has 128 valence electrons. The van der Waals surface area contributed by atoms with Gasteiger partial charge < -0.3 is 5.32 Å². The van der Waals surface area contributed by atoms with Crippen molar-refractivity contribution in [3.8, 4) is 0 Å². The molecule has 1 aliphatic carbocycles. The van der Waals surface area contributed by atoms with Crippen molar-refractivity contribution < 1.29 is 14.4 Å². The summed E-state index contributed by atoms with van der Waals surface area (Å²) < 4.78 is 0. The predicted molar refractivity (Wildman–Crippen MR) is 93.6 cm³/mol. The van der Waals surface area contributed by atoms with Crippen molar-refractivity contribution in [2.75, 3.05) is 18.1 Å². The Morgan fingerprint density at radius 3 is 2.50 bits per heavy atom. The van der Waals surface area contributed by atoms with E-state index in [9.17, 15) is 14.4 Å². The number of thioether (sulfide) groups is 1. The average molecular weight is 346 g/mol. The Hall–Kier alpha value is -1.82. The van der Waals surface area contributed by atoms with Crippen LogP contribution in [0.2, 0.25) is 0 Å². The monoisotopic (exact) mass is 346 g/mol. The summed E-state index contributed by atoms with van der Waals surface area (Å²) in [6.45, 7) is 0.179. The van der Waals surface area contributed by atoms with Gasteiger partial charge in [0.25, 0.3) is 0 Å². The normalized spacial score (nSPS) is 23.3. The van der Waals surface area contributed by atoms with Crippen molar-refractivity contribution in [2.24, 2.45) is 11.8 Å². The van der Waals surface area contributed by atoms with Crippen LogP contribution in [0.4, 0.5) is 5.69 Å². The number of imide groups is 1. The van der Waals surface area contributed by atoms with Crippen LogP contribution in [0.1, 0.15) is 32.1 Å². The van der Waals surface area contributed by atoms with Crippen molar-refractivity contribution >= 4 is 35.2 Å². The number of likely N-dealkylation sites (tertiary alicyclic amines) is 1. The first-order chi connectivity index (χ1) is 11.6. The highest BCUT2D eigenvalue weighted by molar-refractivity contribution is 7.98. The van der Waals surface area contributed by atoms with E-state index >= 15 is 0 Å². The maximum absolute atomic E-state index is 12.4. The van der Waals surface area contributed by atoms with E-state index in [-0.39, 0.29) is 42.5 Å². The Bertz CT molecular complexity index is 637. The number of benzene rings is 1. The summed E-state index contributed by atoms with van der Waals surface area (Å²) in [6.07, 6.45) is 5.75. The number of fused-ring (bicyclic) bond motifs is 1. The van der Waals surface area contributed by atoms with E-state index in [1.807, 2.05) is 30.5 Å². The number of nitrogens with zero attached hydrogens (tertiary/aromatic N) is 1. The van der Waals surface area contributed by atoms with Crippen LogP contribution in [0.25, 0.3) is 0 Å². The summed E-state index contributed by atoms with van der Waals surface area (Å²) in [5, 5.41) is 2.83. The molecule has 6 heteroatoms. The van der Waals surface area contributed by atoms with Gasteiger partial charge in [0.15, 0.2) is 0 Å². The average Bonchev–Trinajstić information content (AvgIpc) is 2.84. The number of hydrogen-bond donors (Lipinski definition) is 1. The van der Waals surface area contributed by atoms with Crippen molar-refractivity contribution in [1.29, 1.82) is 0 Å². The lowest BCUT2D eigenvalue weighted by Crippen LogP contribution is -2.34. The van der Waals surface area contributed by atoms with Gasteiger partial charge in [0.2, 0.25) is 17.7 Å². The molecule has 1 aliphatic heterocycles. The van der Waals surface area contributed by atoms with Gasteiger partial charge in [0.05, 0.1) is 11.8 Å². The van der Waals surface area contributed by atoms with Crippen LogP contribution in [0, 0.1) is 11.8 Å². The van der Waals surface area contributed by atoms with Crippen LogP contribution in [0.5, 0.6) is 0 Å². The summed E-state index contributed by atoms with van der Waals surface area (Å²) in [4.78, 5) is 39.3. The highest BCUT2D eigenvalue weighted by Crippen LogP contribution is 2.37. The van der Waals surface area contributed by atoms with Crippen molar-refractivity contribution in [2.45, 2.75) is 37.0 Å². The Kier molecular flexibility index (Phi) is 5.23. The van der Waals surface area contributed by atoms with E-state index in [2.05, 4.69) is 5.32 Å². The van der Waals surface area contributed by atoms with E-state index in [1.54, 1.807) is 11.8 Å². The van der Waals surface area contributed by atoms with Crippen LogP contribution >= 0.6 is 11.8 Å². The predicted octanol–water partition coefficient (Wildman–Crippen LogP) is 2.91. The number of anilines is 1. The minimum atomic E-state index is -0.177.